The summed E-state index contributed by atoms with van der Waals surface area (Å²) >= 11 is 0. The molecule has 0 N–H and O–H groups in total. The van der Waals surface area contributed by atoms with Gasteiger partial charge in [-0.15, -0.1) is 0 Å². The molecular weight excluding hydrogens is 488 g/mol. The van der Waals surface area contributed by atoms with E-state index in [1.165, 1.54) is 167 Å². The second-order valence-corrected chi connectivity index (χ2v) is 11.7. The van der Waals surface area contributed by atoms with Crippen molar-refractivity contribution in [1.29, 1.82) is 0 Å². The maximum atomic E-state index is 11.7. The summed E-state index contributed by atoms with van der Waals surface area (Å²) in [6.07, 6.45) is 51.5. The van der Waals surface area contributed by atoms with E-state index in [-0.39, 0.29) is 5.97 Å². The molecule has 2 nitrogen and oxygen atoms in total. The van der Waals surface area contributed by atoms with Gasteiger partial charge in [0, 0.05) is 6.08 Å². The molecule has 0 heterocycles. The maximum absolute atomic E-state index is 11.7. The van der Waals surface area contributed by atoms with Gasteiger partial charge in [-0.05, 0) is 31.8 Å². The van der Waals surface area contributed by atoms with Gasteiger partial charge in [0.1, 0.15) is 0 Å². The Labute approximate surface area is 251 Å². The van der Waals surface area contributed by atoms with E-state index >= 15 is 0 Å². The Morgan fingerprint density at radius 2 is 0.775 bits per heavy atom. The molecule has 0 unspecified atom stereocenters. The lowest BCUT2D eigenvalue weighted by Crippen LogP contribution is -1.92. The van der Waals surface area contributed by atoms with Crippen molar-refractivity contribution >= 4 is 5.97 Å². The number of allylic oxidation sites excluding steroid dienone is 6. The van der Waals surface area contributed by atoms with E-state index in [1.807, 2.05) is 18.2 Å². The van der Waals surface area contributed by atoms with Crippen LogP contribution in [0.1, 0.15) is 187 Å². The Balaban J connectivity index is 3.40. The molecule has 232 valence electrons. The van der Waals surface area contributed by atoms with Gasteiger partial charge in [-0.3, -0.25) is 0 Å². The zero-order valence-corrected chi connectivity index (χ0v) is 27.0. The minimum atomic E-state index is -0.313. The van der Waals surface area contributed by atoms with Crippen LogP contribution in [0.5, 0.6) is 0 Å². The predicted octanol–water partition coefficient (Wildman–Crippen LogP) is 13.3. The third kappa shape index (κ3) is 34.5. The Kier molecular flexibility index (Phi) is 34.1. The van der Waals surface area contributed by atoms with Crippen LogP contribution in [0.15, 0.2) is 48.8 Å². The van der Waals surface area contributed by atoms with E-state index in [0.29, 0.717) is 0 Å². The van der Waals surface area contributed by atoms with Crippen LogP contribution in [0.2, 0.25) is 0 Å². The number of carbonyl (C=O) groups excluding carboxylic acids is 1. The quantitative estimate of drug-likeness (QED) is 0.0279. The van der Waals surface area contributed by atoms with Gasteiger partial charge in [-0.25, -0.2) is 4.79 Å². The molecule has 0 saturated heterocycles. The van der Waals surface area contributed by atoms with Crippen LogP contribution in [-0.4, -0.2) is 5.97 Å². The average Bonchev–Trinajstić information content (AvgIpc) is 2.96. The van der Waals surface area contributed by atoms with Crippen molar-refractivity contribution in [2.45, 2.75) is 187 Å². The molecule has 40 heavy (non-hydrogen) atoms. The summed E-state index contributed by atoms with van der Waals surface area (Å²) in [5.41, 5.74) is 0. The van der Waals surface area contributed by atoms with Crippen LogP contribution in [0.3, 0.4) is 0 Å². The molecule has 0 aromatic carbocycles. The number of hydrogen-bond acceptors (Lipinski definition) is 2. The zero-order valence-electron chi connectivity index (χ0n) is 27.0. The topological polar surface area (TPSA) is 26.3 Å². The Morgan fingerprint density at radius 3 is 1.20 bits per heavy atom. The molecule has 0 aromatic heterocycles. The molecule has 0 atom stereocenters. The van der Waals surface area contributed by atoms with Crippen LogP contribution in [0, 0.1) is 0 Å². The van der Waals surface area contributed by atoms with Crippen molar-refractivity contribution in [2.24, 2.45) is 0 Å². The van der Waals surface area contributed by atoms with Crippen molar-refractivity contribution in [3.63, 3.8) is 0 Å². The summed E-state index contributed by atoms with van der Waals surface area (Å²) in [6, 6.07) is 0. The van der Waals surface area contributed by atoms with Gasteiger partial charge >= 0.3 is 5.97 Å². The summed E-state index contributed by atoms with van der Waals surface area (Å²) < 4.78 is 5.13. The molecule has 0 saturated carbocycles. The Morgan fingerprint density at radius 1 is 0.425 bits per heavy atom. The lowest BCUT2D eigenvalue weighted by Gasteiger charge is -2.03. The SMILES string of the molecule is CCCCCCCCCCCC=CC=CC=CC(=O)OC=CCCCCCCCCCCCCCCCCCC. The number of esters is 1. The van der Waals surface area contributed by atoms with Crippen molar-refractivity contribution < 1.29 is 9.53 Å². The largest absolute Gasteiger partial charge is 0.432 e. The van der Waals surface area contributed by atoms with E-state index in [2.05, 4.69) is 26.0 Å². The van der Waals surface area contributed by atoms with E-state index < -0.39 is 0 Å². The Hall–Kier alpha value is -1.57. The van der Waals surface area contributed by atoms with E-state index in [4.69, 9.17) is 4.74 Å². The van der Waals surface area contributed by atoms with Gasteiger partial charge in [0.05, 0.1) is 6.26 Å². The molecule has 0 radical (unpaired) electrons. The summed E-state index contributed by atoms with van der Waals surface area (Å²) in [4.78, 5) is 11.7. The number of unbranched alkanes of at least 4 members (excludes halogenated alkanes) is 25. The number of carbonyl (C=O) groups is 1. The number of hydrogen-bond donors (Lipinski definition) is 0. The molecule has 0 aliphatic rings. The third-order valence-corrected chi connectivity index (χ3v) is 7.68. The average molecular weight is 557 g/mol. The Bertz CT molecular complexity index is 613. The normalized spacial score (nSPS) is 12.2. The highest BCUT2D eigenvalue weighted by molar-refractivity contribution is 5.82. The van der Waals surface area contributed by atoms with Gasteiger partial charge in [0.25, 0.3) is 0 Å². The van der Waals surface area contributed by atoms with E-state index in [9.17, 15) is 4.79 Å². The summed E-state index contributed by atoms with van der Waals surface area (Å²) in [5.74, 6) is -0.313. The second-order valence-electron chi connectivity index (χ2n) is 11.7. The first-order valence-electron chi connectivity index (χ1n) is 17.7. The molecule has 0 aliphatic heterocycles. The molecule has 0 rings (SSSR count). The third-order valence-electron chi connectivity index (χ3n) is 7.68. The highest BCUT2D eigenvalue weighted by atomic mass is 16.5. The van der Waals surface area contributed by atoms with Crippen molar-refractivity contribution in [2.75, 3.05) is 0 Å². The lowest BCUT2D eigenvalue weighted by atomic mass is 10.0. The van der Waals surface area contributed by atoms with E-state index in [0.717, 1.165) is 12.8 Å². The van der Waals surface area contributed by atoms with Gasteiger partial charge in [-0.2, -0.15) is 0 Å². The molecule has 0 aromatic rings. The summed E-state index contributed by atoms with van der Waals surface area (Å²) in [6.45, 7) is 4.56. The second kappa shape index (κ2) is 35.5. The smallest absolute Gasteiger partial charge is 0.335 e. The van der Waals surface area contributed by atoms with Crippen LogP contribution in [-0.2, 0) is 9.53 Å². The lowest BCUT2D eigenvalue weighted by molar-refractivity contribution is -0.132. The minimum Gasteiger partial charge on any atom is -0.432 e. The highest BCUT2D eigenvalue weighted by Gasteiger charge is 1.95. The first kappa shape index (κ1) is 38.4. The predicted molar refractivity (Wildman–Crippen MR) is 179 cm³/mol. The first-order valence-corrected chi connectivity index (χ1v) is 17.7. The fourth-order valence-corrected chi connectivity index (χ4v) is 5.04. The van der Waals surface area contributed by atoms with Gasteiger partial charge in [0.2, 0.25) is 0 Å². The highest BCUT2D eigenvalue weighted by Crippen LogP contribution is 2.14. The maximum Gasteiger partial charge on any atom is 0.335 e. The summed E-state index contributed by atoms with van der Waals surface area (Å²) in [5, 5.41) is 0. The molecule has 0 aliphatic carbocycles. The van der Waals surface area contributed by atoms with Crippen molar-refractivity contribution in [1.82, 2.24) is 0 Å². The van der Waals surface area contributed by atoms with Crippen molar-refractivity contribution in [3.8, 4) is 0 Å². The zero-order chi connectivity index (χ0) is 29.0. The molecule has 0 bridgehead atoms. The molecule has 2 heteroatoms. The number of ether oxygens (including phenoxy) is 1. The van der Waals surface area contributed by atoms with Crippen molar-refractivity contribution in [3.05, 3.63) is 48.8 Å². The molecule has 0 fully saturated rings. The van der Waals surface area contributed by atoms with Crippen LogP contribution in [0.25, 0.3) is 0 Å². The van der Waals surface area contributed by atoms with Gasteiger partial charge in [-0.1, -0.05) is 192 Å². The van der Waals surface area contributed by atoms with Gasteiger partial charge in [0.15, 0.2) is 0 Å². The summed E-state index contributed by atoms with van der Waals surface area (Å²) in [7, 11) is 0. The fraction of sp³-hybridized carbons (Fsp3) is 0.763. The molecular formula is C38H68O2. The molecule has 0 amide bonds. The monoisotopic (exact) mass is 557 g/mol. The van der Waals surface area contributed by atoms with Crippen LogP contribution in [0.4, 0.5) is 0 Å². The standard InChI is InChI=1S/C38H68O2/c1-3-5-7-9-11-13-15-17-19-20-21-23-25-27-29-31-33-35-37-40-38(39)36-34-32-30-28-26-24-22-18-16-14-12-10-8-6-4-2/h26,28,30,32,34-37H,3-25,27,29,31,33H2,1-2H3. The van der Waals surface area contributed by atoms with Crippen LogP contribution < -0.4 is 0 Å². The van der Waals surface area contributed by atoms with Gasteiger partial charge < -0.3 is 4.74 Å². The van der Waals surface area contributed by atoms with E-state index in [1.54, 1.807) is 12.3 Å². The fourth-order valence-electron chi connectivity index (χ4n) is 5.04. The molecule has 0 spiro atoms. The number of rotatable bonds is 31. The first-order chi connectivity index (χ1) is 19.8. The van der Waals surface area contributed by atoms with Crippen LogP contribution >= 0.6 is 0 Å². The minimum absolute atomic E-state index is 0.313.